The molecule has 120 valence electrons. The fourth-order valence-corrected chi connectivity index (χ4v) is 4.25. The summed E-state index contributed by atoms with van der Waals surface area (Å²) < 4.78 is 5.11. The molecule has 1 fully saturated rings. The summed E-state index contributed by atoms with van der Waals surface area (Å²) in [6, 6.07) is 8.53. The van der Waals surface area contributed by atoms with Crippen LogP contribution in [0.3, 0.4) is 0 Å². The summed E-state index contributed by atoms with van der Waals surface area (Å²) in [5.74, 6) is -0.238. The number of ether oxygens (including phenoxy) is 1. The number of aromatic nitrogens is 1. The van der Waals surface area contributed by atoms with E-state index in [0.29, 0.717) is 0 Å². The third kappa shape index (κ3) is 2.20. The van der Waals surface area contributed by atoms with Crippen LogP contribution in [0.15, 0.2) is 35.9 Å². The molecule has 1 aromatic carbocycles. The first-order valence-corrected chi connectivity index (χ1v) is 8.28. The number of para-hydroxylation sites is 1. The molecular formula is C19H22N2O2. The molecule has 4 heteroatoms. The monoisotopic (exact) mass is 310 g/mol. The lowest BCUT2D eigenvalue weighted by Gasteiger charge is -2.43. The maximum Gasteiger partial charge on any atom is 0.310 e. The van der Waals surface area contributed by atoms with E-state index in [9.17, 15) is 4.79 Å². The summed E-state index contributed by atoms with van der Waals surface area (Å²) in [6.45, 7) is 4.00. The van der Waals surface area contributed by atoms with Crippen LogP contribution in [-0.4, -0.2) is 36.1 Å². The number of allylic oxidation sites excluding steroid dienone is 1. The number of aromatic amines is 1. The zero-order chi connectivity index (χ0) is 16.0. The number of nitrogens with one attached hydrogen (secondary N) is 1. The van der Waals surface area contributed by atoms with Crippen molar-refractivity contribution in [2.75, 3.05) is 20.2 Å². The van der Waals surface area contributed by atoms with Crippen LogP contribution in [0.5, 0.6) is 0 Å². The van der Waals surface area contributed by atoms with Crippen LogP contribution in [0.4, 0.5) is 0 Å². The number of nitrogens with zero attached hydrogens (tertiary/aromatic N) is 1. The van der Waals surface area contributed by atoms with Crippen molar-refractivity contribution in [3.05, 3.63) is 47.2 Å². The molecule has 0 amide bonds. The van der Waals surface area contributed by atoms with Crippen molar-refractivity contribution in [1.29, 1.82) is 0 Å². The molecule has 0 saturated carbocycles. The molecule has 1 saturated heterocycles. The summed E-state index contributed by atoms with van der Waals surface area (Å²) in [7, 11) is 1.49. The number of benzene rings is 1. The van der Waals surface area contributed by atoms with Crippen LogP contribution in [0, 0.1) is 5.92 Å². The molecule has 2 aliphatic rings. The van der Waals surface area contributed by atoms with Gasteiger partial charge in [-0.1, -0.05) is 29.8 Å². The number of hydrogen-bond acceptors (Lipinski definition) is 3. The van der Waals surface area contributed by atoms with Crippen LogP contribution in [0.25, 0.3) is 10.9 Å². The number of hydrogen-bond donors (Lipinski definition) is 1. The zero-order valence-corrected chi connectivity index (χ0v) is 13.6. The van der Waals surface area contributed by atoms with E-state index >= 15 is 0 Å². The van der Waals surface area contributed by atoms with Crippen LogP contribution in [-0.2, 0) is 16.0 Å². The highest BCUT2D eigenvalue weighted by Gasteiger charge is 2.43. The summed E-state index contributed by atoms with van der Waals surface area (Å²) in [4.78, 5) is 18.4. The summed E-state index contributed by atoms with van der Waals surface area (Å²) in [5.41, 5.74) is 5.08. The van der Waals surface area contributed by atoms with Crippen molar-refractivity contribution in [2.45, 2.75) is 25.8 Å². The number of rotatable bonds is 1. The number of H-pyrrole nitrogens is 1. The fraction of sp³-hybridized carbons (Fsp3) is 0.421. The fourth-order valence-electron chi connectivity index (χ4n) is 4.25. The second kappa shape index (κ2) is 5.53. The van der Waals surface area contributed by atoms with Crippen LogP contribution in [0.2, 0.25) is 0 Å². The van der Waals surface area contributed by atoms with E-state index in [4.69, 9.17) is 4.74 Å². The lowest BCUT2D eigenvalue weighted by Crippen LogP contribution is -2.46. The summed E-state index contributed by atoms with van der Waals surface area (Å²) >= 11 is 0. The van der Waals surface area contributed by atoms with Crippen LogP contribution in [0.1, 0.15) is 30.6 Å². The highest BCUT2D eigenvalue weighted by Crippen LogP contribution is 2.44. The van der Waals surface area contributed by atoms with Crippen molar-refractivity contribution >= 4 is 16.9 Å². The summed E-state index contributed by atoms with van der Waals surface area (Å²) in [5, 5.41) is 1.29. The largest absolute Gasteiger partial charge is 0.469 e. The maximum absolute atomic E-state index is 12.4. The van der Waals surface area contributed by atoms with Crippen molar-refractivity contribution in [3.8, 4) is 0 Å². The highest BCUT2D eigenvalue weighted by molar-refractivity contribution is 5.85. The lowest BCUT2D eigenvalue weighted by molar-refractivity contribution is -0.149. The zero-order valence-electron chi connectivity index (χ0n) is 13.6. The van der Waals surface area contributed by atoms with Gasteiger partial charge in [-0.25, -0.2) is 0 Å². The molecular weight excluding hydrogens is 288 g/mol. The van der Waals surface area contributed by atoms with Crippen molar-refractivity contribution in [1.82, 2.24) is 9.88 Å². The van der Waals surface area contributed by atoms with E-state index in [0.717, 1.165) is 25.9 Å². The molecule has 0 spiro atoms. The normalized spacial score (nSPS) is 26.1. The Morgan fingerprint density at radius 3 is 3.00 bits per heavy atom. The van der Waals surface area contributed by atoms with Gasteiger partial charge in [0.15, 0.2) is 0 Å². The van der Waals surface area contributed by atoms with Gasteiger partial charge in [0.05, 0.1) is 19.1 Å². The van der Waals surface area contributed by atoms with E-state index in [1.807, 2.05) is 0 Å². The van der Waals surface area contributed by atoms with E-state index in [-0.39, 0.29) is 17.9 Å². The van der Waals surface area contributed by atoms with Gasteiger partial charge in [0.1, 0.15) is 0 Å². The molecule has 23 heavy (non-hydrogen) atoms. The Hall–Kier alpha value is -2.07. The molecule has 4 rings (SSSR count). The molecule has 2 atom stereocenters. The molecule has 2 aromatic rings. The molecule has 2 aliphatic heterocycles. The van der Waals surface area contributed by atoms with Gasteiger partial charge in [-0.05, 0) is 31.4 Å². The average molecular weight is 310 g/mol. The topological polar surface area (TPSA) is 45.3 Å². The first-order chi connectivity index (χ1) is 11.2. The van der Waals surface area contributed by atoms with Gasteiger partial charge in [0.25, 0.3) is 0 Å². The van der Waals surface area contributed by atoms with Gasteiger partial charge in [0.2, 0.25) is 0 Å². The number of fused-ring (bicyclic) bond motifs is 5. The molecule has 1 aromatic heterocycles. The first kappa shape index (κ1) is 14.5. The van der Waals surface area contributed by atoms with Gasteiger partial charge in [-0.15, -0.1) is 0 Å². The Kier molecular flexibility index (Phi) is 3.49. The average Bonchev–Trinajstić information content (AvgIpc) is 2.98. The number of esters is 1. The third-order valence-electron chi connectivity index (χ3n) is 5.37. The molecule has 3 heterocycles. The van der Waals surface area contributed by atoms with Crippen LogP contribution >= 0.6 is 0 Å². The SMILES string of the molecule is C/C=C1\C[C@H](C(=O)OC)[C@@H]2c3[nH]c4ccccc4c3CCN2C1. The van der Waals surface area contributed by atoms with Gasteiger partial charge >= 0.3 is 5.97 Å². The Labute approximate surface area is 136 Å². The highest BCUT2D eigenvalue weighted by atomic mass is 16.5. The van der Waals surface area contributed by atoms with E-state index in [1.165, 1.54) is 34.8 Å². The Morgan fingerprint density at radius 1 is 1.39 bits per heavy atom. The number of piperidine rings is 1. The van der Waals surface area contributed by atoms with E-state index in [1.54, 1.807) is 0 Å². The van der Waals surface area contributed by atoms with E-state index < -0.39 is 0 Å². The minimum atomic E-state index is -0.132. The maximum atomic E-state index is 12.4. The lowest BCUT2D eigenvalue weighted by atomic mass is 9.80. The molecule has 1 N–H and O–H groups in total. The number of methoxy groups -OCH3 is 1. The molecule has 0 unspecified atom stereocenters. The standard InChI is InChI=1S/C19H22N2O2/c1-3-12-10-15(19(22)23-2)18-17-14(8-9-21(18)11-12)13-6-4-5-7-16(13)20-17/h3-7,15,18,20H,8-11H2,1-2H3/b12-3+/t15-,18+/m0/s1. The van der Waals surface area contributed by atoms with Crippen molar-refractivity contribution < 1.29 is 9.53 Å². The van der Waals surface area contributed by atoms with Crippen molar-refractivity contribution in [2.24, 2.45) is 5.92 Å². The summed E-state index contributed by atoms with van der Waals surface area (Å²) in [6.07, 6.45) is 3.97. The van der Waals surface area contributed by atoms with Crippen LogP contribution < -0.4 is 0 Å². The quantitative estimate of drug-likeness (QED) is 0.650. The Balaban J connectivity index is 1.84. The minimum absolute atomic E-state index is 0.0994. The molecule has 4 nitrogen and oxygen atoms in total. The Morgan fingerprint density at radius 2 is 2.22 bits per heavy atom. The van der Waals surface area contributed by atoms with Gasteiger partial charge in [-0.3, -0.25) is 9.69 Å². The minimum Gasteiger partial charge on any atom is -0.469 e. The van der Waals surface area contributed by atoms with Gasteiger partial charge in [-0.2, -0.15) is 0 Å². The molecule has 0 aliphatic carbocycles. The second-order valence-electron chi connectivity index (χ2n) is 6.51. The van der Waals surface area contributed by atoms with E-state index in [2.05, 4.69) is 47.1 Å². The van der Waals surface area contributed by atoms with Crippen molar-refractivity contribution in [3.63, 3.8) is 0 Å². The molecule has 0 bridgehead atoms. The predicted octanol–water partition coefficient (Wildman–Crippen LogP) is 3.21. The number of carbonyl (C=O) groups excluding carboxylic acids is 1. The van der Waals surface area contributed by atoms with Gasteiger partial charge < -0.3 is 9.72 Å². The Bertz CT molecular complexity index is 790. The number of carbonyl (C=O) groups is 1. The first-order valence-electron chi connectivity index (χ1n) is 8.28. The second-order valence-corrected chi connectivity index (χ2v) is 6.51. The van der Waals surface area contributed by atoms with Gasteiger partial charge in [0, 0.05) is 29.7 Å². The predicted molar refractivity (Wildman–Crippen MR) is 90.2 cm³/mol. The molecule has 0 radical (unpaired) electrons. The smallest absolute Gasteiger partial charge is 0.310 e. The third-order valence-corrected chi connectivity index (χ3v) is 5.37.